The average Bonchev–Trinajstić information content (AvgIpc) is 2.76. The summed E-state index contributed by atoms with van der Waals surface area (Å²) in [5.41, 5.74) is 0. The summed E-state index contributed by atoms with van der Waals surface area (Å²) in [5.74, 6) is -1.45. The molecule has 1 heterocycles. The molecule has 3 atom stereocenters. The Morgan fingerprint density at radius 1 is 1.53 bits per heavy atom. The summed E-state index contributed by atoms with van der Waals surface area (Å²) in [6.07, 6.45) is 0.540. The third kappa shape index (κ3) is 3.95. The van der Waals surface area contributed by atoms with Crippen molar-refractivity contribution < 1.29 is 24.2 Å². The molecule has 98 valence electrons. The van der Waals surface area contributed by atoms with Gasteiger partial charge in [-0.25, -0.2) is 4.79 Å². The van der Waals surface area contributed by atoms with Crippen molar-refractivity contribution in [2.75, 3.05) is 27.4 Å². The number of carbonyl (C=O) groups is 2. The number of methoxy groups -OCH3 is 2. The van der Waals surface area contributed by atoms with E-state index < -0.39 is 18.1 Å². The lowest BCUT2D eigenvalue weighted by atomic mass is 10.2. The summed E-state index contributed by atoms with van der Waals surface area (Å²) in [7, 11) is 2.97. The van der Waals surface area contributed by atoms with E-state index in [0.29, 0.717) is 13.0 Å². The van der Waals surface area contributed by atoms with Crippen LogP contribution in [0.3, 0.4) is 0 Å². The van der Waals surface area contributed by atoms with Crippen LogP contribution in [0.15, 0.2) is 0 Å². The van der Waals surface area contributed by atoms with Gasteiger partial charge in [-0.3, -0.25) is 4.79 Å². The molecule has 3 N–H and O–H groups in total. The summed E-state index contributed by atoms with van der Waals surface area (Å²) in [6.45, 7) is 0.540. The zero-order valence-corrected chi connectivity index (χ0v) is 9.93. The normalized spacial score (nSPS) is 25.5. The molecule has 1 fully saturated rings. The van der Waals surface area contributed by atoms with Gasteiger partial charge in [0.1, 0.15) is 0 Å². The molecule has 7 heteroatoms. The minimum atomic E-state index is -1.11. The Kier molecular flexibility index (Phi) is 5.33. The third-order valence-electron chi connectivity index (χ3n) is 2.69. The molecule has 0 saturated carbocycles. The van der Waals surface area contributed by atoms with Crippen molar-refractivity contribution in [2.24, 2.45) is 0 Å². The maximum absolute atomic E-state index is 11.7. The fourth-order valence-electron chi connectivity index (χ4n) is 1.70. The van der Waals surface area contributed by atoms with Crippen LogP contribution >= 0.6 is 0 Å². The van der Waals surface area contributed by atoms with Gasteiger partial charge in [-0.15, -0.1) is 0 Å². The molecule has 1 amide bonds. The van der Waals surface area contributed by atoms with E-state index in [0.717, 1.165) is 0 Å². The minimum Gasteiger partial charge on any atom is -0.480 e. The topological polar surface area (TPSA) is 96.9 Å². The molecule has 1 aliphatic rings. The molecule has 3 unspecified atom stereocenters. The van der Waals surface area contributed by atoms with Gasteiger partial charge in [0.25, 0.3) is 0 Å². The first-order valence-corrected chi connectivity index (χ1v) is 5.36. The predicted molar refractivity (Wildman–Crippen MR) is 58.6 cm³/mol. The van der Waals surface area contributed by atoms with Crippen molar-refractivity contribution in [1.82, 2.24) is 10.6 Å². The Morgan fingerprint density at radius 3 is 2.71 bits per heavy atom. The van der Waals surface area contributed by atoms with Crippen LogP contribution in [0, 0.1) is 0 Å². The van der Waals surface area contributed by atoms with Crippen LogP contribution in [0.4, 0.5) is 0 Å². The molecule has 17 heavy (non-hydrogen) atoms. The van der Waals surface area contributed by atoms with Crippen molar-refractivity contribution >= 4 is 11.9 Å². The second-order valence-corrected chi connectivity index (χ2v) is 3.91. The van der Waals surface area contributed by atoms with Crippen molar-refractivity contribution in [3.05, 3.63) is 0 Å². The molecule has 0 radical (unpaired) electrons. The molecule has 1 saturated heterocycles. The lowest BCUT2D eigenvalue weighted by molar-refractivity contribution is -0.143. The third-order valence-corrected chi connectivity index (χ3v) is 2.69. The Hall–Kier alpha value is -1.18. The van der Waals surface area contributed by atoms with Gasteiger partial charge in [-0.2, -0.15) is 0 Å². The first-order valence-electron chi connectivity index (χ1n) is 5.36. The molecule has 0 aliphatic carbocycles. The molecular weight excluding hydrogens is 228 g/mol. The number of nitrogens with one attached hydrogen (secondary N) is 2. The lowest BCUT2D eigenvalue weighted by Gasteiger charge is -2.16. The van der Waals surface area contributed by atoms with Gasteiger partial charge in [0.05, 0.1) is 18.8 Å². The zero-order chi connectivity index (χ0) is 12.8. The van der Waals surface area contributed by atoms with Crippen molar-refractivity contribution in [3.8, 4) is 0 Å². The molecule has 0 aromatic rings. The van der Waals surface area contributed by atoms with Crippen molar-refractivity contribution in [2.45, 2.75) is 24.6 Å². The highest BCUT2D eigenvalue weighted by molar-refractivity contribution is 5.87. The summed E-state index contributed by atoms with van der Waals surface area (Å²) < 4.78 is 9.84. The highest BCUT2D eigenvalue weighted by Crippen LogP contribution is 2.09. The molecular formula is C10H18N2O5. The van der Waals surface area contributed by atoms with Crippen LogP contribution in [0.2, 0.25) is 0 Å². The number of carbonyl (C=O) groups excluding carboxylic acids is 1. The highest BCUT2D eigenvalue weighted by atomic mass is 16.5. The largest absolute Gasteiger partial charge is 0.480 e. The highest BCUT2D eigenvalue weighted by Gasteiger charge is 2.31. The maximum Gasteiger partial charge on any atom is 0.328 e. The van der Waals surface area contributed by atoms with E-state index in [-0.39, 0.29) is 18.6 Å². The van der Waals surface area contributed by atoms with E-state index >= 15 is 0 Å². The van der Waals surface area contributed by atoms with Gasteiger partial charge in [0.15, 0.2) is 6.04 Å². The summed E-state index contributed by atoms with van der Waals surface area (Å²) in [5, 5.41) is 14.2. The number of hydrogen-bond donors (Lipinski definition) is 3. The minimum absolute atomic E-state index is 0.00328. The number of carboxylic acid groups (broad SMARTS) is 1. The van der Waals surface area contributed by atoms with E-state index in [4.69, 9.17) is 14.6 Å². The Labute approximate surface area is 99.5 Å². The smallest absolute Gasteiger partial charge is 0.328 e. The summed E-state index contributed by atoms with van der Waals surface area (Å²) in [4.78, 5) is 22.6. The van der Waals surface area contributed by atoms with Gasteiger partial charge in [0, 0.05) is 20.8 Å². The predicted octanol–water partition coefficient (Wildman–Crippen LogP) is -1.42. The number of aliphatic carboxylic acids is 1. The molecule has 0 spiro atoms. The summed E-state index contributed by atoms with van der Waals surface area (Å²) >= 11 is 0. The van der Waals surface area contributed by atoms with Crippen LogP contribution in [0.1, 0.15) is 6.42 Å². The monoisotopic (exact) mass is 246 g/mol. The van der Waals surface area contributed by atoms with Gasteiger partial charge in [-0.05, 0) is 6.42 Å². The number of ether oxygens (including phenoxy) is 2. The molecule has 0 aromatic carbocycles. The fraction of sp³-hybridized carbons (Fsp3) is 0.800. The van der Waals surface area contributed by atoms with E-state index in [2.05, 4.69) is 10.6 Å². The van der Waals surface area contributed by atoms with Crippen LogP contribution in [-0.2, 0) is 19.1 Å². The van der Waals surface area contributed by atoms with Gasteiger partial charge < -0.3 is 25.2 Å². The zero-order valence-electron chi connectivity index (χ0n) is 9.93. The molecule has 0 aromatic heterocycles. The van der Waals surface area contributed by atoms with Crippen LogP contribution in [0.25, 0.3) is 0 Å². The molecule has 7 nitrogen and oxygen atoms in total. The van der Waals surface area contributed by atoms with E-state index in [1.54, 1.807) is 7.11 Å². The van der Waals surface area contributed by atoms with Crippen molar-refractivity contribution in [1.29, 1.82) is 0 Å². The molecule has 1 aliphatic heterocycles. The SMILES string of the molecule is COCC(NC(=O)C1CC(OC)CN1)C(=O)O. The Bertz CT molecular complexity index is 284. The van der Waals surface area contributed by atoms with Gasteiger partial charge in [0.2, 0.25) is 5.91 Å². The van der Waals surface area contributed by atoms with Crippen molar-refractivity contribution in [3.63, 3.8) is 0 Å². The van der Waals surface area contributed by atoms with Gasteiger partial charge in [-0.1, -0.05) is 0 Å². The van der Waals surface area contributed by atoms with Crippen LogP contribution in [-0.4, -0.2) is 62.5 Å². The van der Waals surface area contributed by atoms with E-state index in [9.17, 15) is 9.59 Å². The second kappa shape index (κ2) is 6.53. The number of carboxylic acids is 1. The van der Waals surface area contributed by atoms with Gasteiger partial charge >= 0.3 is 5.97 Å². The number of hydrogen-bond acceptors (Lipinski definition) is 5. The number of rotatable bonds is 6. The van der Waals surface area contributed by atoms with E-state index in [1.807, 2.05) is 0 Å². The average molecular weight is 246 g/mol. The fourth-order valence-corrected chi connectivity index (χ4v) is 1.70. The second-order valence-electron chi connectivity index (χ2n) is 3.91. The lowest BCUT2D eigenvalue weighted by Crippen LogP contribution is -2.50. The maximum atomic E-state index is 11.7. The number of amides is 1. The van der Waals surface area contributed by atoms with Crippen LogP contribution in [0.5, 0.6) is 0 Å². The Morgan fingerprint density at radius 2 is 2.24 bits per heavy atom. The first-order chi connectivity index (χ1) is 8.08. The standard InChI is InChI=1S/C10H18N2O5/c1-16-5-8(10(14)15)12-9(13)7-3-6(17-2)4-11-7/h6-8,11H,3-5H2,1-2H3,(H,12,13)(H,14,15). The summed E-state index contributed by atoms with van der Waals surface area (Å²) in [6, 6.07) is -1.42. The van der Waals surface area contributed by atoms with Crippen LogP contribution < -0.4 is 10.6 Å². The Balaban J connectivity index is 2.45. The molecule has 0 bridgehead atoms. The first kappa shape index (κ1) is 13.9. The van der Waals surface area contributed by atoms with E-state index in [1.165, 1.54) is 7.11 Å². The molecule has 1 rings (SSSR count). The quantitative estimate of drug-likeness (QED) is 0.532.